The molecule has 0 aliphatic heterocycles. The largest absolute Gasteiger partial charge is 0.337 e. The number of carbonyl (C=O) groups excluding carboxylic acids is 1. The van der Waals surface area contributed by atoms with Gasteiger partial charge in [0.15, 0.2) is 0 Å². The molecule has 122 valence electrons. The summed E-state index contributed by atoms with van der Waals surface area (Å²) in [6.07, 6.45) is 5.29. The van der Waals surface area contributed by atoms with E-state index < -0.39 is 0 Å². The van der Waals surface area contributed by atoms with E-state index in [1.54, 1.807) is 24.5 Å². The number of carbonyl (C=O) groups is 1. The fourth-order valence-corrected chi connectivity index (χ4v) is 2.43. The Morgan fingerprint density at radius 3 is 2.30 bits per heavy atom. The minimum absolute atomic E-state index is 0.0855. The van der Waals surface area contributed by atoms with Gasteiger partial charge in [-0.3, -0.25) is 9.78 Å². The minimum atomic E-state index is 0.0855. The third kappa shape index (κ3) is 5.83. The van der Waals surface area contributed by atoms with Crippen LogP contribution in [0.1, 0.15) is 22.3 Å². The van der Waals surface area contributed by atoms with E-state index in [2.05, 4.69) is 34.1 Å². The van der Waals surface area contributed by atoms with Gasteiger partial charge in [-0.15, -0.1) is 0 Å². The van der Waals surface area contributed by atoms with Crippen molar-refractivity contribution in [2.75, 3.05) is 33.7 Å². The maximum atomic E-state index is 12.7. The molecule has 4 heteroatoms. The Bertz CT molecular complexity index is 584. The van der Waals surface area contributed by atoms with Gasteiger partial charge in [-0.05, 0) is 44.6 Å². The molecule has 0 spiro atoms. The quantitative estimate of drug-likeness (QED) is 0.752. The van der Waals surface area contributed by atoms with Crippen molar-refractivity contribution in [3.8, 4) is 0 Å². The van der Waals surface area contributed by atoms with Crippen molar-refractivity contribution in [2.24, 2.45) is 0 Å². The summed E-state index contributed by atoms with van der Waals surface area (Å²) in [5, 5.41) is 0. The number of pyridine rings is 1. The Morgan fingerprint density at radius 1 is 0.957 bits per heavy atom. The van der Waals surface area contributed by atoms with Crippen molar-refractivity contribution in [2.45, 2.75) is 12.8 Å². The zero-order chi connectivity index (χ0) is 16.5. The van der Waals surface area contributed by atoms with Crippen molar-refractivity contribution >= 4 is 5.91 Å². The first-order valence-electron chi connectivity index (χ1n) is 8.05. The smallest absolute Gasteiger partial charge is 0.254 e. The molecule has 4 nitrogen and oxygen atoms in total. The summed E-state index contributed by atoms with van der Waals surface area (Å²) in [5.74, 6) is 0.0855. The van der Waals surface area contributed by atoms with Gasteiger partial charge < -0.3 is 9.80 Å². The first kappa shape index (κ1) is 17.2. The highest BCUT2D eigenvalue weighted by Crippen LogP contribution is 2.08. The molecule has 1 aromatic carbocycles. The fraction of sp³-hybridized carbons (Fsp3) is 0.368. The maximum absolute atomic E-state index is 12.7. The molecule has 0 fully saturated rings. The number of hydrogen-bond donors (Lipinski definition) is 0. The van der Waals surface area contributed by atoms with Crippen LogP contribution in [0.25, 0.3) is 0 Å². The average molecular weight is 311 g/mol. The summed E-state index contributed by atoms with van der Waals surface area (Å²) >= 11 is 0. The Labute approximate surface area is 138 Å². The van der Waals surface area contributed by atoms with E-state index in [9.17, 15) is 4.79 Å². The summed E-state index contributed by atoms with van der Waals surface area (Å²) in [6.45, 7) is 2.37. The van der Waals surface area contributed by atoms with Crippen molar-refractivity contribution in [1.29, 1.82) is 0 Å². The Hall–Kier alpha value is -2.20. The van der Waals surface area contributed by atoms with Crippen LogP contribution in [-0.2, 0) is 6.42 Å². The van der Waals surface area contributed by atoms with Crippen molar-refractivity contribution in [3.05, 3.63) is 66.0 Å². The summed E-state index contributed by atoms with van der Waals surface area (Å²) in [7, 11) is 4.05. The van der Waals surface area contributed by atoms with Crippen molar-refractivity contribution in [1.82, 2.24) is 14.8 Å². The number of aromatic nitrogens is 1. The van der Waals surface area contributed by atoms with E-state index in [-0.39, 0.29) is 5.91 Å². The lowest BCUT2D eigenvalue weighted by molar-refractivity contribution is 0.0743. The van der Waals surface area contributed by atoms with E-state index in [0.29, 0.717) is 5.56 Å². The van der Waals surface area contributed by atoms with E-state index in [4.69, 9.17) is 0 Å². The lowest BCUT2D eigenvalue weighted by Gasteiger charge is -2.24. The normalized spacial score (nSPS) is 10.7. The van der Waals surface area contributed by atoms with Gasteiger partial charge in [-0.2, -0.15) is 0 Å². The molecule has 23 heavy (non-hydrogen) atoms. The van der Waals surface area contributed by atoms with Gasteiger partial charge in [-0.25, -0.2) is 0 Å². The summed E-state index contributed by atoms with van der Waals surface area (Å²) < 4.78 is 0. The van der Waals surface area contributed by atoms with E-state index in [1.807, 2.05) is 25.1 Å². The first-order valence-corrected chi connectivity index (χ1v) is 8.05. The number of rotatable bonds is 8. The molecule has 0 saturated heterocycles. The predicted molar refractivity (Wildman–Crippen MR) is 93.5 cm³/mol. The van der Waals surface area contributed by atoms with Gasteiger partial charge in [0, 0.05) is 37.6 Å². The number of hydrogen-bond acceptors (Lipinski definition) is 3. The van der Waals surface area contributed by atoms with E-state index in [1.165, 1.54) is 5.56 Å². The SMILES string of the molecule is CN(C)CCN(CCCc1ccccc1)C(=O)c1ccncc1. The van der Waals surface area contributed by atoms with Crippen LogP contribution < -0.4 is 0 Å². The summed E-state index contributed by atoms with van der Waals surface area (Å²) in [5.41, 5.74) is 2.02. The second kappa shape index (κ2) is 9.06. The number of nitrogens with zero attached hydrogens (tertiary/aromatic N) is 3. The third-order valence-electron chi connectivity index (χ3n) is 3.77. The second-order valence-corrected chi connectivity index (χ2v) is 5.92. The molecule has 0 saturated carbocycles. The van der Waals surface area contributed by atoms with E-state index in [0.717, 1.165) is 32.5 Å². The van der Waals surface area contributed by atoms with Gasteiger partial charge in [0.1, 0.15) is 0 Å². The standard InChI is InChI=1S/C19H25N3O/c1-21(2)15-16-22(19(23)18-10-12-20-13-11-18)14-6-9-17-7-4-3-5-8-17/h3-5,7-8,10-13H,6,9,14-16H2,1-2H3. The first-order chi connectivity index (χ1) is 11.2. The van der Waals surface area contributed by atoms with Crippen LogP contribution in [0.3, 0.4) is 0 Å². The highest BCUT2D eigenvalue weighted by atomic mass is 16.2. The monoisotopic (exact) mass is 311 g/mol. The lowest BCUT2D eigenvalue weighted by atomic mass is 10.1. The van der Waals surface area contributed by atoms with Crippen LogP contribution in [-0.4, -0.2) is 54.4 Å². The van der Waals surface area contributed by atoms with Crippen LogP contribution >= 0.6 is 0 Å². The Kier molecular flexibility index (Phi) is 6.76. The Morgan fingerprint density at radius 2 is 1.65 bits per heavy atom. The molecular formula is C19H25N3O. The molecule has 0 atom stereocenters. The molecule has 1 heterocycles. The molecule has 0 radical (unpaired) electrons. The summed E-state index contributed by atoms with van der Waals surface area (Å²) in [4.78, 5) is 20.7. The third-order valence-corrected chi connectivity index (χ3v) is 3.77. The fourth-order valence-electron chi connectivity index (χ4n) is 2.43. The molecule has 0 aliphatic rings. The molecule has 1 amide bonds. The van der Waals surface area contributed by atoms with Crippen molar-refractivity contribution in [3.63, 3.8) is 0 Å². The molecule has 2 aromatic rings. The molecular weight excluding hydrogens is 286 g/mol. The van der Waals surface area contributed by atoms with Crippen molar-refractivity contribution < 1.29 is 4.79 Å². The van der Waals surface area contributed by atoms with Gasteiger partial charge in [0.2, 0.25) is 0 Å². The minimum Gasteiger partial charge on any atom is -0.337 e. The topological polar surface area (TPSA) is 36.4 Å². The number of amides is 1. The van der Waals surface area contributed by atoms with Crippen LogP contribution in [0.15, 0.2) is 54.9 Å². The Balaban J connectivity index is 1.95. The molecule has 2 rings (SSSR count). The predicted octanol–water partition coefficient (Wildman–Crippen LogP) is 2.72. The molecule has 0 aliphatic carbocycles. The molecule has 0 N–H and O–H groups in total. The summed E-state index contributed by atoms with van der Waals surface area (Å²) in [6, 6.07) is 14.0. The van der Waals surface area contributed by atoms with Crippen LogP contribution in [0, 0.1) is 0 Å². The average Bonchev–Trinajstić information content (AvgIpc) is 2.59. The van der Waals surface area contributed by atoms with Gasteiger partial charge >= 0.3 is 0 Å². The maximum Gasteiger partial charge on any atom is 0.254 e. The van der Waals surface area contributed by atoms with Gasteiger partial charge in [0.05, 0.1) is 0 Å². The van der Waals surface area contributed by atoms with Crippen LogP contribution in [0.2, 0.25) is 0 Å². The zero-order valence-corrected chi connectivity index (χ0v) is 14.0. The zero-order valence-electron chi connectivity index (χ0n) is 14.0. The molecule has 0 bridgehead atoms. The van der Waals surface area contributed by atoms with Crippen LogP contribution in [0.5, 0.6) is 0 Å². The number of benzene rings is 1. The van der Waals surface area contributed by atoms with Gasteiger partial charge in [0.25, 0.3) is 5.91 Å². The van der Waals surface area contributed by atoms with Gasteiger partial charge in [-0.1, -0.05) is 30.3 Å². The number of likely N-dealkylation sites (N-methyl/N-ethyl adjacent to an activating group) is 1. The highest BCUT2D eigenvalue weighted by Gasteiger charge is 2.15. The van der Waals surface area contributed by atoms with Crippen LogP contribution in [0.4, 0.5) is 0 Å². The second-order valence-electron chi connectivity index (χ2n) is 5.92. The lowest BCUT2D eigenvalue weighted by Crippen LogP contribution is -2.37. The molecule has 1 aromatic heterocycles. The molecule has 0 unspecified atom stereocenters. The highest BCUT2D eigenvalue weighted by molar-refractivity contribution is 5.94. The number of aryl methyl sites for hydroxylation is 1. The van der Waals surface area contributed by atoms with E-state index >= 15 is 0 Å².